The Kier molecular flexibility index (Phi) is 5.38. The molecular formula is C18H21NO2. The first-order valence-electron chi connectivity index (χ1n) is 7.18. The molecule has 0 spiro atoms. The summed E-state index contributed by atoms with van der Waals surface area (Å²) in [5.41, 5.74) is 1.25. The first kappa shape index (κ1) is 15.1. The van der Waals surface area contributed by atoms with Gasteiger partial charge in [-0.15, -0.1) is 6.58 Å². The Morgan fingerprint density at radius 3 is 2.95 bits per heavy atom. The Morgan fingerprint density at radius 1 is 1.33 bits per heavy atom. The molecule has 1 N–H and O–H groups in total. The summed E-state index contributed by atoms with van der Waals surface area (Å²) in [5.74, 6) is 0.936. The van der Waals surface area contributed by atoms with Crippen LogP contribution in [0.3, 0.4) is 0 Å². The van der Waals surface area contributed by atoms with Crippen molar-refractivity contribution < 1.29 is 9.53 Å². The number of aryl methyl sites for hydroxylation is 1. The molecule has 3 heteroatoms. The minimum Gasteiger partial charge on any atom is -0.497 e. The maximum absolute atomic E-state index is 11.6. The van der Waals surface area contributed by atoms with Crippen LogP contribution < -0.4 is 10.1 Å². The SMILES string of the molecule is C=CCNC(=O)CCCc1cccc2ccc(OC)cc12. The van der Waals surface area contributed by atoms with Crippen molar-refractivity contribution in [2.75, 3.05) is 13.7 Å². The Bertz CT molecular complexity index is 634. The molecule has 0 aromatic heterocycles. The lowest BCUT2D eigenvalue weighted by Gasteiger charge is -2.08. The number of hydrogen-bond donors (Lipinski definition) is 1. The monoisotopic (exact) mass is 283 g/mol. The van der Waals surface area contributed by atoms with Crippen LogP contribution in [0.4, 0.5) is 0 Å². The van der Waals surface area contributed by atoms with E-state index < -0.39 is 0 Å². The molecule has 2 rings (SSSR count). The fraction of sp³-hybridized carbons (Fsp3) is 0.278. The molecule has 110 valence electrons. The molecule has 21 heavy (non-hydrogen) atoms. The minimum absolute atomic E-state index is 0.0766. The number of amides is 1. The van der Waals surface area contributed by atoms with Gasteiger partial charge in [0.1, 0.15) is 5.75 Å². The molecule has 3 nitrogen and oxygen atoms in total. The number of benzene rings is 2. The van der Waals surface area contributed by atoms with Crippen molar-refractivity contribution in [1.82, 2.24) is 5.32 Å². The number of fused-ring (bicyclic) bond motifs is 1. The third-order valence-electron chi connectivity index (χ3n) is 3.47. The van der Waals surface area contributed by atoms with Gasteiger partial charge in [0, 0.05) is 13.0 Å². The summed E-state index contributed by atoms with van der Waals surface area (Å²) in [6, 6.07) is 12.4. The molecule has 0 aliphatic carbocycles. The predicted molar refractivity (Wildman–Crippen MR) is 86.6 cm³/mol. The second-order valence-electron chi connectivity index (χ2n) is 4.95. The number of ether oxygens (including phenoxy) is 1. The van der Waals surface area contributed by atoms with E-state index in [0.29, 0.717) is 13.0 Å². The van der Waals surface area contributed by atoms with Gasteiger partial charge in [0.25, 0.3) is 0 Å². The van der Waals surface area contributed by atoms with Crippen LogP contribution in [0.1, 0.15) is 18.4 Å². The van der Waals surface area contributed by atoms with E-state index in [1.165, 1.54) is 16.3 Å². The molecule has 0 saturated carbocycles. The summed E-state index contributed by atoms with van der Waals surface area (Å²) in [7, 11) is 1.67. The van der Waals surface area contributed by atoms with E-state index in [0.717, 1.165) is 18.6 Å². The highest BCUT2D eigenvalue weighted by Crippen LogP contribution is 2.25. The van der Waals surface area contributed by atoms with Gasteiger partial charge in [-0.1, -0.05) is 30.3 Å². The van der Waals surface area contributed by atoms with E-state index in [1.54, 1.807) is 13.2 Å². The third kappa shape index (κ3) is 4.09. The van der Waals surface area contributed by atoms with Crippen molar-refractivity contribution >= 4 is 16.7 Å². The van der Waals surface area contributed by atoms with Crippen LogP contribution in [-0.4, -0.2) is 19.6 Å². The number of rotatable bonds is 7. The van der Waals surface area contributed by atoms with E-state index in [9.17, 15) is 4.79 Å². The highest BCUT2D eigenvalue weighted by molar-refractivity contribution is 5.87. The standard InChI is InChI=1S/C18H21NO2/c1-3-12-19-18(20)9-5-8-14-6-4-7-15-10-11-16(21-2)13-17(14)15/h3-4,6-7,10-11,13H,1,5,8-9,12H2,2H3,(H,19,20). The van der Waals surface area contributed by atoms with Gasteiger partial charge in [-0.2, -0.15) is 0 Å². The zero-order chi connectivity index (χ0) is 15.1. The Balaban J connectivity index is 2.04. The van der Waals surface area contributed by atoms with Gasteiger partial charge in [-0.05, 0) is 41.3 Å². The normalized spacial score (nSPS) is 10.3. The summed E-state index contributed by atoms with van der Waals surface area (Å²) in [5, 5.41) is 5.19. The molecule has 1 amide bonds. The molecular weight excluding hydrogens is 262 g/mol. The second kappa shape index (κ2) is 7.48. The summed E-state index contributed by atoms with van der Waals surface area (Å²) in [6.45, 7) is 4.12. The lowest BCUT2D eigenvalue weighted by atomic mass is 10.00. The minimum atomic E-state index is 0.0766. The van der Waals surface area contributed by atoms with E-state index in [2.05, 4.69) is 42.2 Å². The number of nitrogens with one attached hydrogen (secondary N) is 1. The van der Waals surface area contributed by atoms with Gasteiger partial charge in [-0.3, -0.25) is 4.79 Å². The van der Waals surface area contributed by atoms with Crippen molar-refractivity contribution in [1.29, 1.82) is 0 Å². The number of methoxy groups -OCH3 is 1. The van der Waals surface area contributed by atoms with Crippen LogP contribution in [0, 0.1) is 0 Å². The highest BCUT2D eigenvalue weighted by atomic mass is 16.5. The smallest absolute Gasteiger partial charge is 0.220 e. The van der Waals surface area contributed by atoms with E-state index in [-0.39, 0.29) is 5.91 Å². The maximum atomic E-state index is 11.6. The molecule has 0 unspecified atom stereocenters. The fourth-order valence-corrected chi connectivity index (χ4v) is 2.38. The van der Waals surface area contributed by atoms with E-state index in [1.807, 2.05) is 6.07 Å². The second-order valence-corrected chi connectivity index (χ2v) is 4.95. The van der Waals surface area contributed by atoms with Crippen LogP contribution in [-0.2, 0) is 11.2 Å². The Labute approximate surface area is 125 Å². The van der Waals surface area contributed by atoms with Crippen molar-refractivity contribution in [2.24, 2.45) is 0 Å². The summed E-state index contributed by atoms with van der Waals surface area (Å²) in [6.07, 6.45) is 3.94. The zero-order valence-electron chi connectivity index (χ0n) is 12.4. The first-order chi connectivity index (χ1) is 10.2. The fourth-order valence-electron chi connectivity index (χ4n) is 2.38. The van der Waals surface area contributed by atoms with Crippen LogP contribution in [0.2, 0.25) is 0 Å². The average Bonchev–Trinajstić information content (AvgIpc) is 2.52. The van der Waals surface area contributed by atoms with Crippen LogP contribution in [0.15, 0.2) is 49.1 Å². The van der Waals surface area contributed by atoms with E-state index in [4.69, 9.17) is 4.74 Å². The van der Waals surface area contributed by atoms with Gasteiger partial charge < -0.3 is 10.1 Å². The number of carbonyl (C=O) groups excluding carboxylic acids is 1. The summed E-state index contributed by atoms with van der Waals surface area (Å²) < 4.78 is 5.29. The molecule has 0 fully saturated rings. The molecule has 2 aromatic rings. The predicted octanol–water partition coefficient (Wildman–Crippen LogP) is 3.47. The van der Waals surface area contributed by atoms with Gasteiger partial charge in [0.05, 0.1) is 7.11 Å². The highest BCUT2D eigenvalue weighted by Gasteiger charge is 2.05. The van der Waals surface area contributed by atoms with E-state index >= 15 is 0 Å². The number of hydrogen-bond acceptors (Lipinski definition) is 2. The maximum Gasteiger partial charge on any atom is 0.220 e. The molecule has 0 atom stereocenters. The van der Waals surface area contributed by atoms with Crippen LogP contribution >= 0.6 is 0 Å². The third-order valence-corrected chi connectivity index (χ3v) is 3.47. The van der Waals surface area contributed by atoms with Gasteiger partial charge in [0.2, 0.25) is 5.91 Å². The molecule has 2 aromatic carbocycles. The average molecular weight is 283 g/mol. The summed E-state index contributed by atoms with van der Waals surface area (Å²) >= 11 is 0. The molecule has 0 bridgehead atoms. The van der Waals surface area contributed by atoms with Crippen molar-refractivity contribution in [3.05, 3.63) is 54.6 Å². The quantitative estimate of drug-likeness (QED) is 0.790. The van der Waals surface area contributed by atoms with Crippen LogP contribution in [0.25, 0.3) is 10.8 Å². The molecule has 0 aliphatic heterocycles. The lowest BCUT2D eigenvalue weighted by molar-refractivity contribution is -0.120. The summed E-state index contributed by atoms with van der Waals surface area (Å²) in [4.78, 5) is 11.6. The lowest BCUT2D eigenvalue weighted by Crippen LogP contribution is -2.22. The molecule has 0 heterocycles. The van der Waals surface area contributed by atoms with Crippen LogP contribution in [0.5, 0.6) is 5.75 Å². The Hall–Kier alpha value is -2.29. The van der Waals surface area contributed by atoms with Gasteiger partial charge in [-0.25, -0.2) is 0 Å². The first-order valence-corrected chi connectivity index (χ1v) is 7.18. The van der Waals surface area contributed by atoms with Crippen molar-refractivity contribution in [3.8, 4) is 5.75 Å². The number of carbonyl (C=O) groups is 1. The molecule has 0 radical (unpaired) electrons. The topological polar surface area (TPSA) is 38.3 Å². The molecule has 0 saturated heterocycles. The van der Waals surface area contributed by atoms with Gasteiger partial charge >= 0.3 is 0 Å². The van der Waals surface area contributed by atoms with Crippen molar-refractivity contribution in [3.63, 3.8) is 0 Å². The van der Waals surface area contributed by atoms with Crippen molar-refractivity contribution in [2.45, 2.75) is 19.3 Å². The largest absolute Gasteiger partial charge is 0.497 e. The molecule has 0 aliphatic rings. The van der Waals surface area contributed by atoms with Gasteiger partial charge in [0.15, 0.2) is 0 Å². The zero-order valence-corrected chi connectivity index (χ0v) is 12.4. The Morgan fingerprint density at radius 2 is 2.19 bits per heavy atom.